The van der Waals surface area contributed by atoms with Crippen molar-refractivity contribution in [2.24, 2.45) is 0 Å². The lowest BCUT2D eigenvalue weighted by Crippen LogP contribution is -2.00. The third-order valence-corrected chi connectivity index (χ3v) is 3.41. The number of anilines is 1. The molecule has 0 amide bonds. The zero-order valence-electron chi connectivity index (χ0n) is 7.86. The predicted molar refractivity (Wildman–Crippen MR) is 68.8 cm³/mol. The van der Waals surface area contributed by atoms with E-state index in [0.29, 0.717) is 0 Å². The third-order valence-electron chi connectivity index (χ3n) is 2.13. The van der Waals surface area contributed by atoms with E-state index in [2.05, 4.69) is 47.6 Å². The molecule has 3 heteroatoms. The summed E-state index contributed by atoms with van der Waals surface area (Å²) in [7, 11) is 0. The zero-order valence-corrected chi connectivity index (χ0v) is 9.57. The van der Waals surface area contributed by atoms with Crippen LogP contribution in [-0.2, 0) is 0 Å². The van der Waals surface area contributed by atoms with Crippen LogP contribution in [0.3, 0.4) is 0 Å². The first-order valence-corrected chi connectivity index (χ1v) is 6.24. The molecule has 0 aliphatic carbocycles. The Kier molecular flexibility index (Phi) is 3.32. The highest BCUT2D eigenvalue weighted by atomic mass is 32.1. The molecule has 0 spiro atoms. The third kappa shape index (κ3) is 2.04. The van der Waals surface area contributed by atoms with Gasteiger partial charge in [0.15, 0.2) is 0 Å². The summed E-state index contributed by atoms with van der Waals surface area (Å²) < 4.78 is 1.35. The van der Waals surface area contributed by atoms with Gasteiger partial charge in [0, 0.05) is 22.0 Å². The fourth-order valence-electron chi connectivity index (χ4n) is 1.42. The molecule has 0 unspecified atom stereocenters. The molecular weight excluding hydrogens is 210 g/mol. The Morgan fingerprint density at radius 3 is 3.00 bits per heavy atom. The van der Waals surface area contributed by atoms with E-state index in [9.17, 15) is 0 Å². The van der Waals surface area contributed by atoms with Gasteiger partial charge in [0.05, 0.1) is 5.69 Å². The number of thiol groups is 1. The fourth-order valence-corrected chi connectivity index (χ4v) is 2.49. The number of nitrogens with one attached hydrogen (secondary N) is 1. The van der Waals surface area contributed by atoms with Crippen LogP contribution < -0.4 is 5.32 Å². The summed E-state index contributed by atoms with van der Waals surface area (Å²) in [4.78, 5) is 0. The molecule has 0 saturated carbocycles. The lowest BCUT2D eigenvalue weighted by atomic mass is 10.2. The average molecular weight is 223 g/mol. The quantitative estimate of drug-likeness (QED) is 0.596. The van der Waals surface area contributed by atoms with Gasteiger partial charge in [-0.3, -0.25) is 0 Å². The van der Waals surface area contributed by atoms with Gasteiger partial charge in [-0.25, -0.2) is 0 Å². The molecule has 0 atom stereocenters. The van der Waals surface area contributed by atoms with Crippen molar-refractivity contribution < 1.29 is 0 Å². The van der Waals surface area contributed by atoms with Gasteiger partial charge in [0.1, 0.15) is 0 Å². The monoisotopic (exact) mass is 223 g/mol. The Morgan fingerprint density at radius 2 is 2.14 bits per heavy atom. The van der Waals surface area contributed by atoms with Gasteiger partial charge in [0.25, 0.3) is 0 Å². The van der Waals surface area contributed by atoms with E-state index in [1.54, 1.807) is 11.3 Å². The highest BCUT2D eigenvalue weighted by molar-refractivity contribution is 7.80. The van der Waals surface area contributed by atoms with Crippen LogP contribution in [0.15, 0.2) is 29.6 Å². The van der Waals surface area contributed by atoms with Crippen LogP contribution in [0, 0.1) is 0 Å². The van der Waals surface area contributed by atoms with Crippen molar-refractivity contribution in [2.75, 3.05) is 17.6 Å². The van der Waals surface area contributed by atoms with Crippen LogP contribution in [0.1, 0.15) is 6.42 Å². The Hall–Kier alpha value is -0.670. The van der Waals surface area contributed by atoms with E-state index in [4.69, 9.17) is 0 Å². The summed E-state index contributed by atoms with van der Waals surface area (Å²) in [6, 6.07) is 8.48. The second kappa shape index (κ2) is 4.71. The standard InChI is InChI=1S/C11H13NS2/c13-7-3-6-12-10-8-14-11-5-2-1-4-9(10)11/h1-2,4-5,8,12-13H,3,6-7H2. The average Bonchev–Trinajstić information content (AvgIpc) is 2.63. The Balaban J connectivity index is 2.17. The van der Waals surface area contributed by atoms with Gasteiger partial charge < -0.3 is 5.32 Å². The first kappa shape index (κ1) is 9.87. The number of rotatable bonds is 4. The molecular formula is C11H13NS2. The molecule has 2 rings (SSSR count). The molecule has 0 bridgehead atoms. The molecule has 0 aliphatic rings. The van der Waals surface area contributed by atoms with Crippen LogP contribution in [0.2, 0.25) is 0 Å². The summed E-state index contributed by atoms with van der Waals surface area (Å²) in [5.74, 6) is 0.940. The molecule has 0 aliphatic heterocycles. The molecule has 1 aromatic heterocycles. The molecule has 1 nitrogen and oxygen atoms in total. The summed E-state index contributed by atoms with van der Waals surface area (Å²) in [6.07, 6.45) is 1.10. The fraction of sp³-hybridized carbons (Fsp3) is 0.273. The highest BCUT2D eigenvalue weighted by Gasteiger charge is 2.00. The molecule has 0 saturated heterocycles. The molecule has 2 aromatic rings. The Morgan fingerprint density at radius 1 is 1.29 bits per heavy atom. The maximum Gasteiger partial charge on any atom is 0.0528 e. The molecule has 1 N–H and O–H groups in total. The lowest BCUT2D eigenvalue weighted by Gasteiger charge is -2.02. The summed E-state index contributed by atoms with van der Waals surface area (Å²) in [6.45, 7) is 1.00. The zero-order chi connectivity index (χ0) is 9.80. The van der Waals surface area contributed by atoms with Gasteiger partial charge in [-0.2, -0.15) is 12.6 Å². The van der Waals surface area contributed by atoms with Crippen molar-refractivity contribution in [1.82, 2.24) is 0 Å². The van der Waals surface area contributed by atoms with Crippen LogP contribution in [0.4, 0.5) is 5.69 Å². The van der Waals surface area contributed by atoms with Crippen molar-refractivity contribution in [2.45, 2.75) is 6.42 Å². The van der Waals surface area contributed by atoms with Crippen molar-refractivity contribution in [3.8, 4) is 0 Å². The van der Waals surface area contributed by atoms with Gasteiger partial charge in [-0.05, 0) is 18.2 Å². The number of hydrogen-bond acceptors (Lipinski definition) is 3. The number of fused-ring (bicyclic) bond motifs is 1. The molecule has 1 aromatic carbocycles. The summed E-state index contributed by atoms with van der Waals surface area (Å²) in [5, 5.41) is 6.94. The van der Waals surface area contributed by atoms with Crippen molar-refractivity contribution in [1.29, 1.82) is 0 Å². The Bertz CT molecular complexity index is 408. The second-order valence-electron chi connectivity index (χ2n) is 3.15. The van der Waals surface area contributed by atoms with Crippen LogP contribution in [0.5, 0.6) is 0 Å². The molecule has 74 valence electrons. The van der Waals surface area contributed by atoms with Crippen LogP contribution >= 0.6 is 24.0 Å². The number of thiophene rings is 1. The van der Waals surface area contributed by atoms with Gasteiger partial charge in [-0.15, -0.1) is 11.3 Å². The van der Waals surface area contributed by atoms with E-state index in [-0.39, 0.29) is 0 Å². The maximum absolute atomic E-state index is 4.19. The Labute approximate surface area is 93.6 Å². The molecule has 0 fully saturated rings. The molecule has 1 heterocycles. The lowest BCUT2D eigenvalue weighted by molar-refractivity contribution is 0.998. The largest absolute Gasteiger partial charge is 0.384 e. The van der Waals surface area contributed by atoms with E-state index in [0.717, 1.165) is 18.7 Å². The highest BCUT2D eigenvalue weighted by Crippen LogP contribution is 2.29. The van der Waals surface area contributed by atoms with Crippen molar-refractivity contribution in [3.63, 3.8) is 0 Å². The van der Waals surface area contributed by atoms with E-state index in [1.165, 1.54) is 15.8 Å². The predicted octanol–water partition coefficient (Wildman–Crippen LogP) is 3.63. The first-order valence-electron chi connectivity index (χ1n) is 4.73. The van der Waals surface area contributed by atoms with Crippen molar-refractivity contribution >= 4 is 39.7 Å². The van der Waals surface area contributed by atoms with Gasteiger partial charge in [0.2, 0.25) is 0 Å². The first-order chi connectivity index (χ1) is 6.92. The van der Waals surface area contributed by atoms with E-state index in [1.807, 2.05) is 0 Å². The van der Waals surface area contributed by atoms with Gasteiger partial charge >= 0.3 is 0 Å². The maximum atomic E-state index is 4.19. The summed E-state index contributed by atoms with van der Waals surface area (Å²) in [5.41, 5.74) is 1.26. The minimum atomic E-state index is 0.940. The topological polar surface area (TPSA) is 12.0 Å². The van der Waals surface area contributed by atoms with Gasteiger partial charge in [-0.1, -0.05) is 18.2 Å². The minimum absolute atomic E-state index is 0.940. The summed E-state index contributed by atoms with van der Waals surface area (Å²) >= 11 is 5.98. The molecule has 14 heavy (non-hydrogen) atoms. The van der Waals surface area contributed by atoms with Crippen molar-refractivity contribution in [3.05, 3.63) is 29.6 Å². The SMILES string of the molecule is SCCCNc1csc2ccccc12. The van der Waals surface area contributed by atoms with E-state index >= 15 is 0 Å². The number of benzene rings is 1. The van der Waals surface area contributed by atoms with Crippen LogP contribution in [0.25, 0.3) is 10.1 Å². The van der Waals surface area contributed by atoms with Crippen LogP contribution in [-0.4, -0.2) is 12.3 Å². The molecule has 0 radical (unpaired) electrons. The number of hydrogen-bond donors (Lipinski definition) is 2. The van der Waals surface area contributed by atoms with E-state index < -0.39 is 0 Å². The normalized spacial score (nSPS) is 10.6. The minimum Gasteiger partial charge on any atom is -0.384 e. The second-order valence-corrected chi connectivity index (χ2v) is 4.51. The smallest absolute Gasteiger partial charge is 0.0528 e.